The lowest BCUT2D eigenvalue weighted by molar-refractivity contribution is 0.0915. The number of rotatable bonds is 6. The maximum Gasteiger partial charge on any atom is 0.251 e. The van der Waals surface area contributed by atoms with E-state index in [1.807, 2.05) is 26.0 Å². The van der Waals surface area contributed by atoms with Crippen molar-refractivity contribution >= 4 is 5.91 Å². The molecule has 6 nitrogen and oxygen atoms in total. The van der Waals surface area contributed by atoms with Crippen molar-refractivity contribution in [3.8, 4) is 11.4 Å². The van der Waals surface area contributed by atoms with E-state index >= 15 is 0 Å². The standard InChI is InChI=1S/C15H20N4O2/c1-3-12(9-20)16-15(21)11-7-5-10(6-8-11)14-17-13(4-2)18-19-14/h5-8,12,20H,3-4,9H2,1-2H3,(H,16,21)(H,17,18,19). The molecule has 1 aromatic carbocycles. The second kappa shape index (κ2) is 6.99. The van der Waals surface area contributed by atoms with Gasteiger partial charge in [0.05, 0.1) is 12.6 Å². The van der Waals surface area contributed by atoms with E-state index in [9.17, 15) is 4.79 Å². The summed E-state index contributed by atoms with van der Waals surface area (Å²) in [5, 5.41) is 18.9. The third-order valence-corrected chi connectivity index (χ3v) is 3.32. The fraction of sp³-hybridized carbons (Fsp3) is 0.400. The van der Waals surface area contributed by atoms with Crippen LogP contribution in [-0.2, 0) is 6.42 Å². The second-order valence-corrected chi connectivity index (χ2v) is 4.80. The van der Waals surface area contributed by atoms with Gasteiger partial charge in [-0.25, -0.2) is 4.98 Å². The van der Waals surface area contributed by atoms with Gasteiger partial charge in [0, 0.05) is 17.5 Å². The zero-order valence-electron chi connectivity index (χ0n) is 12.3. The van der Waals surface area contributed by atoms with Crippen molar-refractivity contribution < 1.29 is 9.90 Å². The van der Waals surface area contributed by atoms with E-state index in [1.54, 1.807) is 12.1 Å². The Kier molecular flexibility index (Phi) is 5.05. The number of amides is 1. The van der Waals surface area contributed by atoms with E-state index in [-0.39, 0.29) is 18.6 Å². The summed E-state index contributed by atoms with van der Waals surface area (Å²) < 4.78 is 0. The molecule has 0 saturated heterocycles. The molecular formula is C15H20N4O2. The summed E-state index contributed by atoms with van der Waals surface area (Å²) in [7, 11) is 0. The van der Waals surface area contributed by atoms with Crippen molar-refractivity contribution in [1.29, 1.82) is 0 Å². The molecule has 0 aliphatic carbocycles. The van der Waals surface area contributed by atoms with Gasteiger partial charge in [-0.2, -0.15) is 5.10 Å². The number of hydrogen-bond acceptors (Lipinski definition) is 4. The van der Waals surface area contributed by atoms with Gasteiger partial charge < -0.3 is 10.4 Å². The summed E-state index contributed by atoms with van der Waals surface area (Å²) in [4.78, 5) is 16.4. The Morgan fingerprint density at radius 2 is 2.05 bits per heavy atom. The Morgan fingerprint density at radius 3 is 2.57 bits per heavy atom. The van der Waals surface area contributed by atoms with Gasteiger partial charge in [-0.1, -0.05) is 26.0 Å². The molecule has 1 amide bonds. The van der Waals surface area contributed by atoms with Crippen LogP contribution < -0.4 is 5.32 Å². The third kappa shape index (κ3) is 3.66. The van der Waals surface area contributed by atoms with Crippen LogP contribution in [0.15, 0.2) is 24.3 Å². The van der Waals surface area contributed by atoms with E-state index in [2.05, 4.69) is 20.5 Å². The monoisotopic (exact) mass is 288 g/mol. The number of carbonyl (C=O) groups is 1. The number of nitrogens with zero attached hydrogens (tertiary/aromatic N) is 2. The van der Waals surface area contributed by atoms with Crippen molar-refractivity contribution in [1.82, 2.24) is 20.5 Å². The number of aromatic nitrogens is 3. The average Bonchev–Trinajstić information content (AvgIpc) is 3.01. The van der Waals surface area contributed by atoms with Crippen molar-refractivity contribution in [2.75, 3.05) is 6.61 Å². The number of benzene rings is 1. The highest BCUT2D eigenvalue weighted by molar-refractivity contribution is 5.94. The molecule has 1 atom stereocenters. The summed E-state index contributed by atoms with van der Waals surface area (Å²) in [5.74, 6) is 1.27. The zero-order valence-corrected chi connectivity index (χ0v) is 12.3. The van der Waals surface area contributed by atoms with Crippen LogP contribution in [0.3, 0.4) is 0 Å². The first kappa shape index (κ1) is 15.2. The summed E-state index contributed by atoms with van der Waals surface area (Å²) in [6.07, 6.45) is 1.49. The molecule has 2 rings (SSSR count). The molecule has 1 aromatic heterocycles. The summed E-state index contributed by atoms with van der Waals surface area (Å²) in [5.41, 5.74) is 1.41. The molecule has 0 aliphatic rings. The fourth-order valence-corrected chi connectivity index (χ4v) is 1.90. The molecule has 21 heavy (non-hydrogen) atoms. The molecule has 6 heteroatoms. The Hall–Kier alpha value is -2.21. The van der Waals surface area contributed by atoms with Crippen LogP contribution in [0.25, 0.3) is 11.4 Å². The minimum atomic E-state index is -0.211. The molecule has 3 N–H and O–H groups in total. The SMILES string of the molecule is CCc1nc(-c2ccc(C(=O)NC(CC)CO)cc2)n[nH]1. The highest BCUT2D eigenvalue weighted by Gasteiger charge is 2.12. The number of aromatic amines is 1. The molecule has 2 aromatic rings. The lowest BCUT2D eigenvalue weighted by atomic mass is 10.1. The molecule has 1 heterocycles. The smallest absolute Gasteiger partial charge is 0.251 e. The zero-order chi connectivity index (χ0) is 15.2. The summed E-state index contributed by atoms with van der Waals surface area (Å²) in [6, 6.07) is 6.89. The van der Waals surface area contributed by atoms with Crippen LogP contribution in [0.5, 0.6) is 0 Å². The van der Waals surface area contributed by atoms with Gasteiger partial charge >= 0.3 is 0 Å². The largest absolute Gasteiger partial charge is 0.394 e. The Morgan fingerprint density at radius 1 is 1.33 bits per heavy atom. The number of aliphatic hydroxyl groups excluding tert-OH is 1. The molecule has 112 valence electrons. The number of hydrogen-bond donors (Lipinski definition) is 3. The molecule has 1 unspecified atom stereocenters. The predicted molar refractivity (Wildman–Crippen MR) is 79.8 cm³/mol. The Bertz CT molecular complexity index is 588. The van der Waals surface area contributed by atoms with Gasteiger partial charge in [-0.05, 0) is 18.6 Å². The summed E-state index contributed by atoms with van der Waals surface area (Å²) >= 11 is 0. The van der Waals surface area contributed by atoms with E-state index in [0.29, 0.717) is 17.8 Å². The molecular weight excluding hydrogens is 268 g/mol. The van der Waals surface area contributed by atoms with Gasteiger partial charge in [0.1, 0.15) is 5.82 Å². The Balaban J connectivity index is 2.09. The van der Waals surface area contributed by atoms with Crippen LogP contribution in [0.2, 0.25) is 0 Å². The lowest BCUT2D eigenvalue weighted by Gasteiger charge is -2.13. The van der Waals surface area contributed by atoms with Crippen molar-refractivity contribution in [2.24, 2.45) is 0 Å². The molecule has 0 aliphatic heterocycles. The predicted octanol–water partition coefficient (Wildman–Crippen LogP) is 1.53. The van der Waals surface area contributed by atoms with Crippen molar-refractivity contribution in [2.45, 2.75) is 32.7 Å². The molecule has 0 radical (unpaired) electrons. The normalized spacial score (nSPS) is 12.1. The highest BCUT2D eigenvalue weighted by Crippen LogP contribution is 2.15. The molecule has 0 saturated carbocycles. The highest BCUT2D eigenvalue weighted by atomic mass is 16.3. The number of aliphatic hydroxyl groups is 1. The molecule has 0 fully saturated rings. The minimum Gasteiger partial charge on any atom is -0.394 e. The van der Waals surface area contributed by atoms with Gasteiger partial charge in [0.25, 0.3) is 5.91 Å². The van der Waals surface area contributed by atoms with Gasteiger partial charge in [-0.3, -0.25) is 9.89 Å². The first-order chi connectivity index (χ1) is 10.2. The maximum absolute atomic E-state index is 12.0. The minimum absolute atomic E-state index is 0.0582. The van der Waals surface area contributed by atoms with Crippen molar-refractivity contribution in [3.05, 3.63) is 35.7 Å². The third-order valence-electron chi connectivity index (χ3n) is 3.32. The molecule has 0 spiro atoms. The van der Waals surface area contributed by atoms with Gasteiger partial charge in [0.15, 0.2) is 5.82 Å². The van der Waals surface area contributed by atoms with E-state index in [4.69, 9.17) is 5.11 Å². The van der Waals surface area contributed by atoms with Crippen LogP contribution in [0, 0.1) is 0 Å². The van der Waals surface area contributed by atoms with Gasteiger partial charge in [-0.15, -0.1) is 0 Å². The topological polar surface area (TPSA) is 90.9 Å². The molecule has 0 bridgehead atoms. The maximum atomic E-state index is 12.0. The average molecular weight is 288 g/mol. The van der Waals surface area contributed by atoms with Crippen LogP contribution >= 0.6 is 0 Å². The van der Waals surface area contributed by atoms with Crippen LogP contribution in [0.1, 0.15) is 36.5 Å². The first-order valence-electron chi connectivity index (χ1n) is 7.11. The second-order valence-electron chi connectivity index (χ2n) is 4.80. The first-order valence-corrected chi connectivity index (χ1v) is 7.11. The quantitative estimate of drug-likeness (QED) is 0.752. The number of H-pyrrole nitrogens is 1. The lowest BCUT2D eigenvalue weighted by Crippen LogP contribution is -2.36. The van der Waals surface area contributed by atoms with Gasteiger partial charge in [0.2, 0.25) is 0 Å². The van der Waals surface area contributed by atoms with E-state index < -0.39 is 0 Å². The number of nitrogens with one attached hydrogen (secondary N) is 2. The van der Waals surface area contributed by atoms with Crippen LogP contribution in [-0.4, -0.2) is 38.8 Å². The van der Waals surface area contributed by atoms with Crippen molar-refractivity contribution in [3.63, 3.8) is 0 Å². The van der Waals surface area contributed by atoms with Crippen LogP contribution in [0.4, 0.5) is 0 Å². The number of aryl methyl sites for hydroxylation is 1. The fourth-order valence-electron chi connectivity index (χ4n) is 1.90. The number of carbonyl (C=O) groups excluding carboxylic acids is 1. The van der Waals surface area contributed by atoms with E-state index in [0.717, 1.165) is 17.8 Å². The Labute approximate surface area is 123 Å². The van der Waals surface area contributed by atoms with E-state index in [1.165, 1.54) is 0 Å². The summed E-state index contributed by atoms with van der Waals surface area (Å²) in [6.45, 7) is 3.86.